The summed E-state index contributed by atoms with van der Waals surface area (Å²) < 4.78 is 5.35. The van der Waals surface area contributed by atoms with E-state index in [1.807, 2.05) is 60.8 Å². The molecule has 0 aliphatic carbocycles. The Balaban J connectivity index is 1.25. The number of hydrogen-bond donors (Lipinski definition) is 2. The number of aromatic amines is 1. The highest BCUT2D eigenvalue weighted by atomic mass is 16.5. The van der Waals surface area contributed by atoms with E-state index >= 15 is 0 Å². The molecule has 0 spiro atoms. The van der Waals surface area contributed by atoms with Crippen LogP contribution in [-0.4, -0.2) is 60.3 Å². The van der Waals surface area contributed by atoms with Gasteiger partial charge in [-0.25, -0.2) is 4.98 Å². The summed E-state index contributed by atoms with van der Waals surface area (Å²) in [5, 5.41) is 22.0. The molecule has 2 aliphatic rings. The molecule has 1 fully saturated rings. The van der Waals surface area contributed by atoms with Gasteiger partial charge in [-0.1, -0.05) is 12.1 Å². The van der Waals surface area contributed by atoms with E-state index in [0.29, 0.717) is 5.56 Å². The third-order valence-corrected chi connectivity index (χ3v) is 6.93. The van der Waals surface area contributed by atoms with Gasteiger partial charge in [0, 0.05) is 54.1 Å². The van der Waals surface area contributed by atoms with E-state index < -0.39 is 0 Å². The molecule has 37 heavy (non-hydrogen) atoms. The monoisotopic (exact) mass is 492 g/mol. The molecule has 0 bridgehead atoms. The zero-order valence-corrected chi connectivity index (χ0v) is 20.8. The van der Waals surface area contributed by atoms with Gasteiger partial charge < -0.3 is 24.6 Å². The summed E-state index contributed by atoms with van der Waals surface area (Å²) in [5.74, 6) is 1.87. The number of aromatic nitrogens is 2. The van der Waals surface area contributed by atoms with Crippen LogP contribution >= 0.6 is 0 Å². The zero-order valence-electron chi connectivity index (χ0n) is 20.8. The molecule has 8 heteroatoms. The van der Waals surface area contributed by atoms with Crippen LogP contribution < -0.4 is 20.1 Å². The number of nitrogens with zero attached hydrogens (tertiary/aromatic N) is 5. The van der Waals surface area contributed by atoms with Gasteiger partial charge >= 0.3 is 0 Å². The smallest absolute Gasteiger partial charge is 0.196 e. The molecule has 1 saturated heterocycles. The lowest BCUT2D eigenvalue weighted by molar-refractivity contribution is 0.312. The van der Waals surface area contributed by atoms with Gasteiger partial charge in [-0.3, -0.25) is 0 Å². The van der Waals surface area contributed by atoms with Gasteiger partial charge in [0.1, 0.15) is 11.6 Å². The second-order valence-electron chi connectivity index (χ2n) is 9.38. The first-order chi connectivity index (χ1) is 18.1. The fourth-order valence-corrected chi connectivity index (χ4v) is 4.73. The number of fused-ring (bicyclic) bond motifs is 2. The highest BCUT2D eigenvalue weighted by Gasteiger charge is 2.15. The predicted molar refractivity (Wildman–Crippen MR) is 147 cm³/mol. The van der Waals surface area contributed by atoms with Crippen LogP contribution in [-0.2, 0) is 0 Å². The second kappa shape index (κ2) is 9.55. The highest BCUT2D eigenvalue weighted by Crippen LogP contribution is 2.30. The van der Waals surface area contributed by atoms with Gasteiger partial charge in [0.05, 0.1) is 18.5 Å². The van der Waals surface area contributed by atoms with Crippen LogP contribution in [0.4, 0.5) is 11.5 Å². The van der Waals surface area contributed by atoms with Crippen molar-refractivity contribution in [3.8, 4) is 11.6 Å². The second-order valence-corrected chi connectivity index (χ2v) is 9.38. The zero-order chi connectivity index (χ0) is 25.4. The fraction of sp³-hybridized carbons (Fsp3) is 0.207. The van der Waals surface area contributed by atoms with Crippen LogP contribution in [0.25, 0.3) is 28.8 Å². The van der Waals surface area contributed by atoms with Gasteiger partial charge in [0.25, 0.3) is 0 Å². The number of piperazine rings is 1. The number of aromatic hydroxyl groups is 1. The first-order valence-electron chi connectivity index (χ1n) is 12.3. The lowest BCUT2D eigenvalue weighted by atomic mass is 10.1. The molecule has 0 radical (unpaired) electrons. The fourth-order valence-electron chi connectivity index (χ4n) is 4.73. The van der Waals surface area contributed by atoms with E-state index in [2.05, 4.69) is 49.2 Å². The third kappa shape index (κ3) is 4.59. The van der Waals surface area contributed by atoms with E-state index in [0.717, 1.165) is 76.0 Å². The minimum atomic E-state index is 0.118. The molecule has 0 unspecified atom stereocenters. The number of benzene rings is 2. The van der Waals surface area contributed by atoms with Crippen LogP contribution in [0.2, 0.25) is 0 Å². The summed E-state index contributed by atoms with van der Waals surface area (Å²) in [6.07, 6.45) is 7.83. The Hall–Kier alpha value is -4.43. The van der Waals surface area contributed by atoms with Crippen molar-refractivity contribution in [1.29, 1.82) is 0 Å². The molecule has 2 N–H and O–H groups in total. The quantitative estimate of drug-likeness (QED) is 0.443. The third-order valence-electron chi connectivity index (χ3n) is 6.93. The molecule has 2 aromatic heterocycles. The lowest BCUT2D eigenvalue weighted by Gasteiger charge is -2.33. The Morgan fingerprint density at radius 3 is 2.62 bits per heavy atom. The summed E-state index contributed by atoms with van der Waals surface area (Å²) in [4.78, 5) is 12.3. The lowest BCUT2D eigenvalue weighted by Crippen LogP contribution is -2.44. The number of rotatable bonds is 5. The minimum Gasteiger partial charge on any atom is -0.497 e. The average Bonchev–Trinajstić information content (AvgIpc) is 3.47. The SMILES string of the molecule is COc1ccc2[nH]c(O)c(C=c3ccc4c(c3)N=NC=4/C=C/c3ccc(N4CCN(C)CC4)nc3)c2c1. The molecule has 186 valence electrons. The number of likely N-dealkylation sites (N-methyl/N-ethyl adjacent to an activating group) is 1. The number of azo groups is 1. The van der Waals surface area contributed by atoms with Gasteiger partial charge in [0.2, 0.25) is 0 Å². The van der Waals surface area contributed by atoms with Crippen molar-refractivity contribution in [2.24, 2.45) is 10.2 Å². The molecule has 0 amide bonds. The standard InChI is InChI=1S/C29H28N6O2/c1-34-11-13-35(14-12-34)28-10-5-19(18-30-28)4-8-26-22-7-3-20(16-27(22)33-32-26)15-24-23-17-21(37-2)6-9-25(23)31-29(24)36/h3-10,15-18,31,36H,11-14H2,1-2H3/b8-4+,20-15?. The summed E-state index contributed by atoms with van der Waals surface area (Å²) in [5.41, 5.74) is 4.18. The summed E-state index contributed by atoms with van der Waals surface area (Å²) in [7, 11) is 3.78. The van der Waals surface area contributed by atoms with Gasteiger partial charge in [0.15, 0.2) is 5.88 Å². The first-order valence-corrected chi connectivity index (χ1v) is 12.3. The van der Waals surface area contributed by atoms with Crippen LogP contribution in [0.15, 0.2) is 71.0 Å². The van der Waals surface area contributed by atoms with E-state index in [9.17, 15) is 5.11 Å². The Kier molecular flexibility index (Phi) is 5.94. The van der Waals surface area contributed by atoms with E-state index in [1.54, 1.807) is 7.11 Å². The highest BCUT2D eigenvalue weighted by molar-refractivity contribution is 5.92. The van der Waals surface area contributed by atoms with Crippen LogP contribution in [0.5, 0.6) is 11.6 Å². The van der Waals surface area contributed by atoms with Gasteiger partial charge in [-0.2, -0.15) is 0 Å². The topological polar surface area (TPSA) is 89.3 Å². The summed E-state index contributed by atoms with van der Waals surface area (Å²) in [6, 6.07) is 15.8. The Morgan fingerprint density at radius 2 is 1.84 bits per heavy atom. The Morgan fingerprint density at radius 1 is 0.973 bits per heavy atom. The minimum absolute atomic E-state index is 0.118. The predicted octanol–water partition coefficient (Wildman–Crippen LogP) is 3.78. The largest absolute Gasteiger partial charge is 0.497 e. The number of nitrogens with one attached hydrogen (secondary N) is 1. The number of hydrogen-bond acceptors (Lipinski definition) is 7. The summed E-state index contributed by atoms with van der Waals surface area (Å²) >= 11 is 0. The number of methoxy groups -OCH3 is 1. The maximum Gasteiger partial charge on any atom is 0.196 e. The molecule has 2 aliphatic heterocycles. The molecule has 4 aromatic rings. The Labute approximate surface area is 214 Å². The van der Waals surface area contributed by atoms with Crippen LogP contribution in [0, 0.1) is 0 Å². The van der Waals surface area contributed by atoms with Crippen LogP contribution in [0.3, 0.4) is 0 Å². The number of anilines is 1. The van der Waals surface area contributed by atoms with Crippen molar-refractivity contribution in [3.05, 3.63) is 82.4 Å². The molecule has 2 aromatic carbocycles. The maximum atomic E-state index is 10.5. The first kappa shape index (κ1) is 23.0. The van der Waals surface area contributed by atoms with E-state index in [1.165, 1.54) is 0 Å². The van der Waals surface area contributed by atoms with Crippen LogP contribution in [0.1, 0.15) is 11.1 Å². The average molecular weight is 493 g/mol. The molecule has 0 atom stereocenters. The van der Waals surface area contributed by atoms with Crippen molar-refractivity contribution in [1.82, 2.24) is 14.9 Å². The maximum absolute atomic E-state index is 10.5. The number of ether oxygens (including phenoxy) is 1. The van der Waals surface area contributed by atoms with Gasteiger partial charge in [-0.05, 0) is 72.4 Å². The summed E-state index contributed by atoms with van der Waals surface area (Å²) in [6.45, 7) is 4.12. The van der Waals surface area contributed by atoms with Crippen molar-refractivity contribution < 1.29 is 9.84 Å². The number of pyridine rings is 1. The normalized spacial score (nSPS) is 16.3. The molecular formula is C29H28N6O2. The molecule has 0 saturated carbocycles. The molecular weight excluding hydrogens is 464 g/mol. The Bertz CT molecular complexity index is 1640. The van der Waals surface area contributed by atoms with Crippen molar-refractivity contribution in [3.63, 3.8) is 0 Å². The molecule has 8 nitrogen and oxygen atoms in total. The van der Waals surface area contributed by atoms with Gasteiger partial charge in [-0.15, -0.1) is 10.2 Å². The van der Waals surface area contributed by atoms with Crippen molar-refractivity contribution in [2.75, 3.05) is 45.2 Å². The van der Waals surface area contributed by atoms with E-state index in [-0.39, 0.29) is 5.88 Å². The van der Waals surface area contributed by atoms with Crippen molar-refractivity contribution >= 4 is 40.3 Å². The molecule has 6 rings (SSSR count). The van der Waals surface area contributed by atoms with E-state index in [4.69, 9.17) is 4.74 Å². The molecule has 4 heterocycles. The van der Waals surface area contributed by atoms with Crippen molar-refractivity contribution in [2.45, 2.75) is 0 Å². The number of H-pyrrole nitrogens is 1.